The van der Waals surface area contributed by atoms with Gasteiger partial charge in [0.2, 0.25) is 0 Å². The molecule has 2 N–H and O–H groups in total. The van der Waals surface area contributed by atoms with E-state index in [1.165, 1.54) is 5.56 Å². The van der Waals surface area contributed by atoms with Crippen molar-refractivity contribution in [1.29, 1.82) is 0 Å². The summed E-state index contributed by atoms with van der Waals surface area (Å²) in [5, 5.41) is 0. The fourth-order valence-corrected chi connectivity index (χ4v) is 1.30. The normalized spacial score (nSPS) is 10.9. The molecule has 0 amide bonds. The van der Waals surface area contributed by atoms with Crippen LogP contribution >= 0.6 is 0 Å². The van der Waals surface area contributed by atoms with Crippen molar-refractivity contribution in [1.82, 2.24) is 0 Å². The third-order valence-corrected chi connectivity index (χ3v) is 1.98. The van der Waals surface area contributed by atoms with Crippen molar-refractivity contribution in [3.05, 3.63) is 34.9 Å². The van der Waals surface area contributed by atoms with Crippen LogP contribution in [-0.4, -0.2) is 0 Å². The number of benzene rings is 1. The predicted octanol–water partition coefficient (Wildman–Crippen LogP) is 2.92. The van der Waals surface area contributed by atoms with E-state index in [1.54, 1.807) is 0 Å². The molecule has 1 aromatic carbocycles. The molecule has 0 aliphatic heterocycles. The first-order valence-corrected chi connectivity index (χ1v) is 4.14. The fraction of sp³-hybridized carbons (Fsp3) is 0.273. The summed E-state index contributed by atoms with van der Waals surface area (Å²) in [5.74, 6) is 0. The molecule has 0 aliphatic rings. The van der Waals surface area contributed by atoms with E-state index in [4.69, 9.17) is 5.73 Å². The minimum Gasteiger partial charge on any atom is -0.398 e. The van der Waals surface area contributed by atoms with E-state index in [0.717, 1.165) is 16.8 Å². The predicted molar refractivity (Wildman–Crippen MR) is 55.0 cm³/mol. The summed E-state index contributed by atoms with van der Waals surface area (Å²) in [6.07, 6.45) is 4.11. The summed E-state index contributed by atoms with van der Waals surface area (Å²) in [6, 6.07) is 4.20. The molecule has 0 heterocycles. The molecule has 0 atom stereocenters. The van der Waals surface area contributed by atoms with Crippen LogP contribution in [0, 0.1) is 13.8 Å². The van der Waals surface area contributed by atoms with E-state index in [9.17, 15) is 0 Å². The monoisotopic (exact) mass is 161 g/mol. The molecule has 0 aromatic heterocycles. The maximum atomic E-state index is 5.82. The molecule has 0 saturated heterocycles. The summed E-state index contributed by atoms with van der Waals surface area (Å²) in [4.78, 5) is 0. The first-order chi connectivity index (χ1) is 5.65. The van der Waals surface area contributed by atoms with Crippen LogP contribution in [0.15, 0.2) is 18.2 Å². The van der Waals surface area contributed by atoms with Gasteiger partial charge in [-0.25, -0.2) is 0 Å². The Labute approximate surface area is 73.9 Å². The van der Waals surface area contributed by atoms with Gasteiger partial charge in [-0.1, -0.05) is 12.2 Å². The zero-order valence-electron chi connectivity index (χ0n) is 7.89. The summed E-state index contributed by atoms with van der Waals surface area (Å²) < 4.78 is 0. The standard InChI is InChI=1S/C11H15N/c1-4-5-10-6-8(2)11(12)9(3)7-10/h4-7H,12H2,1-3H3. The highest BCUT2D eigenvalue weighted by molar-refractivity contribution is 5.61. The minimum absolute atomic E-state index is 0.906. The molecular formula is C11H15N. The van der Waals surface area contributed by atoms with Crippen LogP contribution in [0.3, 0.4) is 0 Å². The van der Waals surface area contributed by atoms with Gasteiger partial charge in [0, 0.05) is 5.69 Å². The van der Waals surface area contributed by atoms with Gasteiger partial charge in [0.1, 0.15) is 0 Å². The van der Waals surface area contributed by atoms with E-state index in [2.05, 4.69) is 18.2 Å². The van der Waals surface area contributed by atoms with Gasteiger partial charge in [0.05, 0.1) is 0 Å². The van der Waals surface area contributed by atoms with Gasteiger partial charge in [-0.2, -0.15) is 0 Å². The molecule has 1 aromatic rings. The van der Waals surface area contributed by atoms with Gasteiger partial charge in [-0.15, -0.1) is 0 Å². The second-order valence-corrected chi connectivity index (χ2v) is 3.07. The van der Waals surface area contributed by atoms with Crippen molar-refractivity contribution in [2.24, 2.45) is 0 Å². The smallest absolute Gasteiger partial charge is 0.0373 e. The number of allylic oxidation sites excluding steroid dienone is 1. The van der Waals surface area contributed by atoms with Gasteiger partial charge >= 0.3 is 0 Å². The molecule has 0 spiro atoms. The molecular weight excluding hydrogens is 146 g/mol. The highest BCUT2D eigenvalue weighted by Crippen LogP contribution is 2.19. The molecule has 0 fully saturated rings. The molecule has 0 radical (unpaired) electrons. The fourth-order valence-electron chi connectivity index (χ4n) is 1.30. The second kappa shape index (κ2) is 3.44. The van der Waals surface area contributed by atoms with Crippen molar-refractivity contribution in [2.75, 3.05) is 5.73 Å². The molecule has 1 heteroatoms. The van der Waals surface area contributed by atoms with E-state index >= 15 is 0 Å². The average molecular weight is 161 g/mol. The van der Waals surface area contributed by atoms with Crippen LogP contribution < -0.4 is 5.73 Å². The zero-order chi connectivity index (χ0) is 9.14. The molecule has 1 nitrogen and oxygen atoms in total. The third-order valence-electron chi connectivity index (χ3n) is 1.98. The Kier molecular flexibility index (Phi) is 2.54. The number of nitrogens with two attached hydrogens (primary N) is 1. The molecule has 0 unspecified atom stereocenters. The van der Waals surface area contributed by atoms with E-state index in [0.29, 0.717) is 0 Å². The summed E-state index contributed by atoms with van der Waals surface area (Å²) >= 11 is 0. The number of aryl methyl sites for hydroxylation is 2. The second-order valence-electron chi connectivity index (χ2n) is 3.07. The van der Waals surface area contributed by atoms with Crippen molar-refractivity contribution >= 4 is 11.8 Å². The van der Waals surface area contributed by atoms with E-state index in [-0.39, 0.29) is 0 Å². The molecule has 0 aliphatic carbocycles. The lowest BCUT2D eigenvalue weighted by Crippen LogP contribution is -1.93. The Morgan fingerprint density at radius 3 is 2.08 bits per heavy atom. The lowest BCUT2D eigenvalue weighted by atomic mass is 10.0. The van der Waals surface area contributed by atoms with Crippen LogP contribution in [0.2, 0.25) is 0 Å². The highest BCUT2D eigenvalue weighted by Gasteiger charge is 1.98. The molecule has 12 heavy (non-hydrogen) atoms. The molecule has 64 valence electrons. The number of anilines is 1. The SMILES string of the molecule is CC=Cc1cc(C)c(N)c(C)c1. The Morgan fingerprint density at radius 2 is 1.67 bits per heavy atom. The van der Waals surface area contributed by atoms with E-state index in [1.807, 2.05) is 26.8 Å². The largest absolute Gasteiger partial charge is 0.398 e. The maximum Gasteiger partial charge on any atom is 0.0373 e. The third kappa shape index (κ3) is 1.67. The topological polar surface area (TPSA) is 26.0 Å². The van der Waals surface area contributed by atoms with Crippen LogP contribution in [0.5, 0.6) is 0 Å². The van der Waals surface area contributed by atoms with Crippen LogP contribution in [0.25, 0.3) is 6.08 Å². The summed E-state index contributed by atoms with van der Waals surface area (Å²) in [7, 11) is 0. The van der Waals surface area contributed by atoms with Gasteiger partial charge < -0.3 is 5.73 Å². The number of hydrogen-bond acceptors (Lipinski definition) is 1. The van der Waals surface area contributed by atoms with Crippen molar-refractivity contribution in [2.45, 2.75) is 20.8 Å². The van der Waals surface area contributed by atoms with Crippen LogP contribution in [0.4, 0.5) is 5.69 Å². The first-order valence-electron chi connectivity index (χ1n) is 4.14. The maximum absolute atomic E-state index is 5.82. The van der Waals surface area contributed by atoms with Crippen LogP contribution in [-0.2, 0) is 0 Å². The lowest BCUT2D eigenvalue weighted by molar-refractivity contribution is 1.38. The zero-order valence-corrected chi connectivity index (χ0v) is 7.89. The molecule has 0 saturated carbocycles. The van der Waals surface area contributed by atoms with Crippen molar-refractivity contribution in [3.63, 3.8) is 0 Å². The van der Waals surface area contributed by atoms with Gasteiger partial charge in [0.15, 0.2) is 0 Å². The Balaban J connectivity index is 3.21. The number of rotatable bonds is 1. The minimum atomic E-state index is 0.906. The Morgan fingerprint density at radius 1 is 1.17 bits per heavy atom. The quantitative estimate of drug-likeness (QED) is 0.630. The van der Waals surface area contributed by atoms with Crippen molar-refractivity contribution in [3.8, 4) is 0 Å². The number of nitrogen functional groups attached to an aromatic ring is 1. The van der Waals surface area contributed by atoms with E-state index < -0.39 is 0 Å². The van der Waals surface area contributed by atoms with Gasteiger partial charge in [-0.05, 0) is 49.6 Å². The average Bonchev–Trinajstić information content (AvgIpc) is 2.01. The summed E-state index contributed by atoms with van der Waals surface area (Å²) in [6.45, 7) is 6.09. The Bertz CT molecular complexity index is 288. The summed E-state index contributed by atoms with van der Waals surface area (Å²) in [5.41, 5.74) is 10.3. The molecule has 0 bridgehead atoms. The number of hydrogen-bond donors (Lipinski definition) is 1. The van der Waals surface area contributed by atoms with Gasteiger partial charge in [0.25, 0.3) is 0 Å². The van der Waals surface area contributed by atoms with Crippen molar-refractivity contribution < 1.29 is 0 Å². The Hall–Kier alpha value is -1.24. The first kappa shape index (κ1) is 8.85. The molecule has 1 rings (SSSR count). The van der Waals surface area contributed by atoms with Crippen LogP contribution in [0.1, 0.15) is 23.6 Å². The highest BCUT2D eigenvalue weighted by atomic mass is 14.6. The van der Waals surface area contributed by atoms with Gasteiger partial charge in [-0.3, -0.25) is 0 Å². The lowest BCUT2D eigenvalue weighted by Gasteiger charge is -2.05.